The number of aromatic nitrogens is 1. The van der Waals surface area contributed by atoms with E-state index in [-0.39, 0.29) is 17.3 Å². The van der Waals surface area contributed by atoms with Gasteiger partial charge < -0.3 is 19.7 Å². The first-order valence-electron chi connectivity index (χ1n) is 10.6. The lowest BCUT2D eigenvalue weighted by Crippen LogP contribution is -2.52. The molecular weight excluding hydrogens is 411 g/mol. The fraction of sp³-hybridized carbons (Fsp3) is 0.591. The Kier molecular flexibility index (Phi) is 5.46. The summed E-state index contributed by atoms with van der Waals surface area (Å²) in [5, 5.41) is 13.9. The number of piperazine rings is 1. The minimum absolute atomic E-state index is 0.0883. The van der Waals surface area contributed by atoms with E-state index in [2.05, 4.69) is 10.2 Å². The Labute approximate surface area is 179 Å². The van der Waals surface area contributed by atoms with Crippen LogP contribution < -0.4 is 15.6 Å². The summed E-state index contributed by atoms with van der Waals surface area (Å²) < 4.78 is 49.9. The van der Waals surface area contributed by atoms with Crippen molar-refractivity contribution in [2.24, 2.45) is 12.5 Å². The summed E-state index contributed by atoms with van der Waals surface area (Å²) in [5.41, 5.74) is -1.58. The fourth-order valence-electron chi connectivity index (χ4n) is 5.02. The molecule has 1 aromatic rings. The largest absolute Gasteiger partial charge is 0.512 e. The first-order chi connectivity index (χ1) is 14.6. The number of aliphatic hydroxyl groups excluding tert-OH is 1. The van der Waals surface area contributed by atoms with E-state index in [1.807, 2.05) is 6.92 Å². The first-order valence-corrected chi connectivity index (χ1v) is 10.6. The monoisotopic (exact) mass is 439 g/mol. The number of alkyl halides is 3. The minimum atomic E-state index is -4.63. The highest BCUT2D eigenvalue weighted by Gasteiger charge is 2.58. The maximum atomic E-state index is 14.2. The van der Waals surface area contributed by atoms with Crippen LogP contribution in [-0.4, -0.2) is 53.0 Å². The van der Waals surface area contributed by atoms with E-state index in [4.69, 9.17) is 4.74 Å². The van der Waals surface area contributed by atoms with Crippen molar-refractivity contribution in [2.75, 3.05) is 26.2 Å². The molecular formula is C22H28F3N3O3. The van der Waals surface area contributed by atoms with E-state index in [0.717, 1.165) is 32.6 Å². The molecule has 0 radical (unpaired) electrons. The van der Waals surface area contributed by atoms with Gasteiger partial charge in [0.2, 0.25) is 0 Å². The van der Waals surface area contributed by atoms with E-state index in [0.29, 0.717) is 36.4 Å². The van der Waals surface area contributed by atoms with Gasteiger partial charge in [-0.15, -0.1) is 0 Å². The highest BCUT2D eigenvalue weighted by molar-refractivity contribution is 5.49. The number of halogens is 3. The molecule has 31 heavy (non-hydrogen) atoms. The molecule has 0 spiro atoms. The van der Waals surface area contributed by atoms with Crippen molar-refractivity contribution >= 4 is 0 Å². The van der Waals surface area contributed by atoms with Gasteiger partial charge in [-0.1, -0.05) is 19.1 Å². The summed E-state index contributed by atoms with van der Waals surface area (Å²) in [4.78, 5) is 15.6. The molecule has 4 rings (SSSR count). The lowest BCUT2D eigenvalue weighted by atomic mass is 9.69. The van der Waals surface area contributed by atoms with Gasteiger partial charge in [-0.05, 0) is 19.4 Å². The molecule has 1 saturated heterocycles. The molecule has 1 fully saturated rings. The Hall–Kier alpha value is -2.26. The second-order valence-corrected chi connectivity index (χ2v) is 8.69. The van der Waals surface area contributed by atoms with E-state index in [1.165, 1.54) is 23.8 Å². The zero-order valence-electron chi connectivity index (χ0n) is 17.9. The first kappa shape index (κ1) is 22.0. The van der Waals surface area contributed by atoms with E-state index < -0.39 is 23.3 Å². The van der Waals surface area contributed by atoms with E-state index >= 15 is 0 Å². The van der Waals surface area contributed by atoms with Gasteiger partial charge in [-0.2, -0.15) is 13.2 Å². The van der Waals surface area contributed by atoms with Gasteiger partial charge in [0.05, 0.1) is 22.9 Å². The molecule has 2 unspecified atom stereocenters. The maximum Gasteiger partial charge on any atom is 0.398 e. The van der Waals surface area contributed by atoms with Crippen LogP contribution in [-0.2, 0) is 20.0 Å². The van der Waals surface area contributed by atoms with Crippen LogP contribution in [0.4, 0.5) is 13.2 Å². The number of hydrogen-bond donors (Lipinski definition) is 2. The Balaban J connectivity index is 1.94. The average Bonchev–Trinajstić information content (AvgIpc) is 2.91. The molecule has 1 aliphatic carbocycles. The predicted molar refractivity (Wildman–Crippen MR) is 110 cm³/mol. The number of aliphatic hydroxyl groups is 1. The Morgan fingerprint density at radius 2 is 2.13 bits per heavy atom. The molecule has 0 amide bonds. The molecule has 0 saturated carbocycles. The van der Waals surface area contributed by atoms with Crippen LogP contribution in [0.15, 0.2) is 28.8 Å². The molecule has 0 bridgehead atoms. The molecule has 3 atom stereocenters. The summed E-state index contributed by atoms with van der Waals surface area (Å²) in [7, 11) is 1.49. The molecule has 0 aromatic carbocycles. The van der Waals surface area contributed by atoms with Crippen molar-refractivity contribution in [3.63, 3.8) is 0 Å². The molecule has 2 aliphatic heterocycles. The highest BCUT2D eigenvalue weighted by atomic mass is 19.4. The molecule has 2 N–H and O–H groups in total. The molecule has 3 heterocycles. The minimum Gasteiger partial charge on any atom is -0.512 e. The molecule has 1 aromatic heterocycles. The second-order valence-electron chi connectivity index (χ2n) is 8.69. The number of rotatable bonds is 2. The summed E-state index contributed by atoms with van der Waals surface area (Å²) in [5.74, 6) is -1.48. The number of fused-ring (bicyclic) bond motifs is 2. The van der Waals surface area contributed by atoms with Gasteiger partial charge in [0, 0.05) is 44.5 Å². The van der Waals surface area contributed by atoms with Crippen LogP contribution in [0.3, 0.4) is 0 Å². The normalized spacial score (nSPS) is 28.9. The summed E-state index contributed by atoms with van der Waals surface area (Å²) in [6.07, 6.45) is -0.720. The van der Waals surface area contributed by atoms with Crippen molar-refractivity contribution in [2.45, 2.75) is 44.9 Å². The molecule has 9 heteroatoms. The number of pyridine rings is 1. The van der Waals surface area contributed by atoms with Gasteiger partial charge in [0.15, 0.2) is 0 Å². The van der Waals surface area contributed by atoms with Gasteiger partial charge in [-0.3, -0.25) is 9.69 Å². The van der Waals surface area contributed by atoms with Crippen molar-refractivity contribution < 1.29 is 23.0 Å². The second kappa shape index (κ2) is 7.70. The fourth-order valence-corrected chi connectivity index (χ4v) is 5.02. The third kappa shape index (κ3) is 3.38. The highest BCUT2D eigenvalue weighted by Crippen LogP contribution is 2.54. The third-order valence-corrected chi connectivity index (χ3v) is 6.88. The van der Waals surface area contributed by atoms with E-state index in [9.17, 15) is 23.1 Å². The lowest BCUT2D eigenvalue weighted by Gasteiger charge is -2.40. The third-order valence-electron chi connectivity index (χ3n) is 6.88. The quantitative estimate of drug-likeness (QED) is 0.742. The lowest BCUT2D eigenvalue weighted by molar-refractivity contribution is -0.207. The number of allylic oxidation sites excluding steroid dienone is 4. The summed E-state index contributed by atoms with van der Waals surface area (Å²) in [6.45, 7) is 5.93. The molecule has 3 aliphatic rings. The Morgan fingerprint density at radius 3 is 2.81 bits per heavy atom. The SMILES string of the molecule is CCc1c2c(c(=O)n(C)c1C1C(O)=CC=CC1(C)C(F)(F)F)CN1CCNC[C@@H]1CO2. The molecule has 6 nitrogen and oxygen atoms in total. The number of hydrogen-bond acceptors (Lipinski definition) is 5. The standard InChI is InChI=1S/C22H28F3N3O3/c1-4-14-18(17-16(29)6-5-7-21(17,2)22(23,24)25)27(3)20(30)15-11-28-9-8-26-10-13(28)12-31-19(14)15/h5-7,13,17,26,29H,4,8-12H2,1-3H3/t13-,17?,21?/m1/s1. The van der Waals surface area contributed by atoms with Crippen LogP contribution >= 0.6 is 0 Å². The zero-order valence-corrected chi connectivity index (χ0v) is 17.9. The van der Waals surface area contributed by atoms with Crippen molar-refractivity contribution in [3.8, 4) is 5.75 Å². The number of nitrogens with one attached hydrogen (secondary N) is 1. The van der Waals surface area contributed by atoms with Crippen LogP contribution in [0, 0.1) is 5.41 Å². The summed E-state index contributed by atoms with van der Waals surface area (Å²) in [6, 6.07) is 0.0883. The van der Waals surface area contributed by atoms with Gasteiger partial charge >= 0.3 is 6.18 Å². The maximum absolute atomic E-state index is 14.2. The zero-order chi connectivity index (χ0) is 22.6. The number of ether oxygens (including phenoxy) is 1. The number of nitrogens with zero attached hydrogens (tertiary/aromatic N) is 2. The van der Waals surface area contributed by atoms with Crippen LogP contribution in [0.1, 0.15) is 36.6 Å². The van der Waals surface area contributed by atoms with Crippen molar-refractivity contribution in [3.05, 3.63) is 51.2 Å². The van der Waals surface area contributed by atoms with E-state index in [1.54, 1.807) is 0 Å². The van der Waals surface area contributed by atoms with Crippen LogP contribution in [0.25, 0.3) is 0 Å². The van der Waals surface area contributed by atoms with Gasteiger partial charge in [-0.25, -0.2) is 0 Å². The molecule has 170 valence electrons. The van der Waals surface area contributed by atoms with Crippen molar-refractivity contribution in [1.29, 1.82) is 0 Å². The van der Waals surface area contributed by atoms with Crippen LogP contribution in [0.5, 0.6) is 5.75 Å². The van der Waals surface area contributed by atoms with Crippen molar-refractivity contribution in [1.82, 2.24) is 14.8 Å². The predicted octanol–water partition coefficient (Wildman–Crippen LogP) is 2.78. The Morgan fingerprint density at radius 1 is 1.39 bits per heavy atom. The van der Waals surface area contributed by atoms with Gasteiger partial charge in [0.1, 0.15) is 18.1 Å². The topological polar surface area (TPSA) is 66.7 Å². The Bertz CT molecular complexity index is 998. The average molecular weight is 439 g/mol. The summed E-state index contributed by atoms with van der Waals surface area (Å²) >= 11 is 0. The van der Waals surface area contributed by atoms with Gasteiger partial charge in [0.25, 0.3) is 5.56 Å². The van der Waals surface area contributed by atoms with Crippen LogP contribution in [0.2, 0.25) is 0 Å². The smallest absolute Gasteiger partial charge is 0.398 e.